The molecule has 2 rings (SSSR count). The minimum atomic E-state index is -0.318. The van der Waals surface area contributed by atoms with Crippen molar-refractivity contribution in [3.05, 3.63) is 0 Å². The summed E-state index contributed by atoms with van der Waals surface area (Å²) in [6, 6.07) is 1.20. The molecule has 0 spiro atoms. The third kappa shape index (κ3) is 6.20. The standard InChI is InChI=1S/C10H20N2O.C5H10O2/c13-8-10-2-1-7-12(10)9-3-5-11-6-4-9;1-5(2,3)7-4-6/h9-11,13H,1-8H2;4H,1-3H3/t10-;/m0./s1. The van der Waals surface area contributed by atoms with Crippen molar-refractivity contribution < 1.29 is 14.6 Å². The Morgan fingerprint density at radius 2 is 1.95 bits per heavy atom. The number of nitrogens with zero attached hydrogens (tertiary/aromatic N) is 1. The molecule has 2 fully saturated rings. The number of rotatable bonds is 3. The fourth-order valence-electron chi connectivity index (χ4n) is 2.82. The van der Waals surface area contributed by atoms with E-state index in [1.54, 1.807) is 0 Å². The summed E-state index contributed by atoms with van der Waals surface area (Å²) in [4.78, 5) is 12.1. The van der Waals surface area contributed by atoms with Gasteiger partial charge < -0.3 is 15.2 Å². The summed E-state index contributed by atoms with van der Waals surface area (Å²) >= 11 is 0. The Balaban J connectivity index is 0.000000246. The van der Waals surface area contributed by atoms with E-state index in [2.05, 4.69) is 15.0 Å². The maximum atomic E-state index is 9.60. The number of piperidine rings is 1. The van der Waals surface area contributed by atoms with Crippen LogP contribution in [0.2, 0.25) is 0 Å². The van der Waals surface area contributed by atoms with E-state index in [0.717, 1.165) is 19.1 Å². The van der Waals surface area contributed by atoms with E-state index in [-0.39, 0.29) is 5.60 Å². The first-order valence-electron chi connectivity index (χ1n) is 7.66. The molecule has 1 atom stereocenters. The van der Waals surface area contributed by atoms with E-state index in [0.29, 0.717) is 19.1 Å². The highest BCUT2D eigenvalue weighted by atomic mass is 16.5. The molecule has 2 N–H and O–H groups in total. The summed E-state index contributed by atoms with van der Waals surface area (Å²) in [7, 11) is 0. The first-order valence-corrected chi connectivity index (χ1v) is 7.66. The van der Waals surface area contributed by atoms with Crippen LogP contribution in [0.1, 0.15) is 46.5 Å². The van der Waals surface area contributed by atoms with Crippen LogP contribution in [-0.2, 0) is 9.53 Å². The van der Waals surface area contributed by atoms with Gasteiger partial charge in [0.05, 0.1) is 6.61 Å². The molecule has 5 heteroatoms. The lowest BCUT2D eigenvalue weighted by atomic mass is 10.0. The van der Waals surface area contributed by atoms with E-state index in [4.69, 9.17) is 0 Å². The van der Waals surface area contributed by atoms with Crippen LogP contribution in [0, 0.1) is 0 Å². The predicted molar refractivity (Wildman–Crippen MR) is 79.6 cm³/mol. The largest absolute Gasteiger partial charge is 0.462 e. The molecule has 0 saturated carbocycles. The lowest BCUT2D eigenvalue weighted by Crippen LogP contribution is -2.46. The highest BCUT2D eigenvalue weighted by molar-refractivity contribution is 5.37. The van der Waals surface area contributed by atoms with E-state index in [9.17, 15) is 9.90 Å². The quantitative estimate of drug-likeness (QED) is 0.762. The maximum absolute atomic E-state index is 9.60. The molecule has 118 valence electrons. The van der Waals surface area contributed by atoms with E-state index in [1.807, 2.05) is 20.8 Å². The number of hydrogen-bond donors (Lipinski definition) is 2. The second-order valence-electron chi connectivity index (χ2n) is 6.52. The zero-order valence-corrected chi connectivity index (χ0v) is 13.1. The number of likely N-dealkylation sites (tertiary alicyclic amines) is 1. The average molecular weight is 286 g/mol. The Hall–Kier alpha value is -0.650. The van der Waals surface area contributed by atoms with Crippen LogP contribution >= 0.6 is 0 Å². The van der Waals surface area contributed by atoms with Gasteiger partial charge in [-0.25, -0.2) is 0 Å². The summed E-state index contributed by atoms with van der Waals surface area (Å²) in [5, 5.41) is 12.6. The molecule has 0 amide bonds. The monoisotopic (exact) mass is 286 g/mol. The van der Waals surface area contributed by atoms with Crippen LogP contribution in [0.4, 0.5) is 0 Å². The summed E-state index contributed by atoms with van der Waals surface area (Å²) in [5.74, 6) is 0. The van der Waals surface area contributed by atoms with Crippen LogP contribution in [0.15, 0.2) is 0 Å². The molecule has 0 aromatic carbocycles. The molecule has 0 bridgehead atoms. The number of nitrogens with one attached hydrogen (secondary N) is 1. The van der Waals surface area contributed by atoms with Crippen LogP contribution in [0.25, 0.3) is 0 Å². The van der Waals surface area contributed by atoms with E-state index < -0.39 is 0 Å². The smallest absolute Gasteiger partial charge is 0.293 e. The third-order valence-corrected chi connectivity index (χ3v) is 3.81. The van der Waals surface area contributed by atoms with E-state index >= 15 is 0 Å². The Morgan fingerprint density at radius 3 is 2.40 bits per heavy atom. The second-order valence-corrected chi connectivity index (χ2v) is 6.52. The summed E-state index contributed by atoms with van der Waals surface area (Å²) in [5.41, 5.74) is -0.318. The minimum Gasteiger partial charge on any atom is -0.462 e. The molecular weight excluding hydrogens is 256 g/mol. The fourth-order valence-corrected chi connectivity index (χ4v) is 2.82. The fraction of sp³-hybridized carbons (Fsp3) is 0.933. The van der Waals surface area contributed by atoms with Gasteiger partial charge in [0.2, 0.25) is 0 Å². The molecule has 5 nitrogen and oxygen atoms in total. The van der Waals surface area contributed by atoms with Crippen LogP contribution in [0.3, 0.4) is 0 Å². The predicted octanol–water partition coefficient (Wildman–Crippen LogP) is 1.15. The number of ether oxygens (including phenoxy) is 1. The van der Waals surface area contributed by atoms with Crippen molar-refractivity contribution in [3.63, 3.8) is 0 Å². The van der Waals surface area contributed by atoms with Crippen molar-refractivity contribution in [3.8, 4) is 0 Å². The van der Waals surface area contributed by atoms with Gasteiger partial charge in [0.15, 0.2) is 0 Å². The highest BCUT2D eigenvalue weighted by Crippen LogP contribution is 2.23. The van der Waals surface area contributed by atoms with Crippen molar-refractivity contribution in [2.75, 3.05) is 26.2 Å². The van der Waals surface area contributed by atoms with Crippen molar-refractivity contribution in [1.29, 1.82) is 0 Å². The van der Waals surface area contributed by atoms with Crippen molar-refractivity contribution >= 4 is 6.47 Å². The number of hydrogen-bond acceptors (Lipinski definition) is 5. The Bertz CT molecular complexity index is 273. The minimum absolute atomic E-state index is 0.318. The van der Waals surface area contributed by atoms with Crippen LogP contribution in [0.5, 0.6) is 0 Å². The van der Waals surface area contributed by atoms with Gasteiger partial charge >= 0.3 is 0 Å². The second kappa shape index (κ2) is 8.60. The van der Waals surface area contributed by atoms with Crippen molar-refractivity contribution in [1.82, 2.24) is 10.2 Å². The maximum Gasteiger partial charge on any atom is 0.293 e. The number of carbonyl (C=O) groups is 1. The summed E-state index contributed by atoms with van der Waals surface area (Å²) in [6.45, 7) is 9.78. The van der Waals surface area contributed by atoms with Gasteiger partial charge in [-0.1, -0.05) is 0 Å². The summed E-state index contributed by atoms with van der Waals surface area (Å²) in [6.07, 6.45) is 4.99. The first kappa shape index (κ1) is 17.4. The molecule has 2 aliphatic heterocycles. The summed E-state index contributed by atoms with van der Waals surface area (Å²) < 4.78 is 4.55. The van der Waals surface area contributed by atoms with Gasteiger partial charge in [-0.15, -0.1) is 0 Å². The Kier molecular flexibility index (Phi) is 7.48. The van der Waals surface area contributed by atoms with Crippen LogP contribution < -0.4 is 5.32 Å². The Labute approximate surface area is 122 Å². The zero-order chi connectivity index (χ0) is 15.0. The van der Waals surface area contributed by atoms with Gasteiger partial charge in [-0.2, -0.15) is 0 Å². The lowest BCUT2D eigenvalue weighted by Gasteiger charge is -2.35. The average Bonchev–Trinajstić information content (AvgIpc) is 2.87. The molecule has 0 radical (unpaired) electrons. The van der Waals surface area contributed by atoms with Gasteiger partial charge in [-0.05, 0) is 66.1 Å². The van der Waals surface area contributed by atoms with E-state index in [1.165, 1.54) is 32.2 Å². The zero-order valence-electron chi connectivity index (χ0n) is 13.1. The molecule has 0 unspecified atom stereocenters. The molecule has 0 aromatic heterocycles. The molecule has 0 aliphatic carbocycles. The number of carbonyl (C=O) groups excluding carboxylic acids is 1. The molecule has 20 heavy (non-hydrogen) atoms. The molecule has 2 aliphatic rings. The van der Waals surface area contributed by atoms with Gasteiger partial charge in [0.1, 0.15) is 5.60 Å². The Morgan fingerprint density at radius 1 is 1.30 bits per heavy atom. The van der Waals surface area contributed by atoms with Gasteiger partial charge in [0, 0.05) is 12.1 Å². The molecule has 0 aromatic rings. The normalized spacial score (nSPS) is 24.9. The first-order chi connectivity index (χ1) is 9.48. The molecule has 2 saturated heterocycles. The number of aliphatic hydroxyl groups is 1. The highest BCUT2D eigenvalue weighted by Gasteiger charge is 2.30. The van der Waals surface area contributed by atoms with Gasteiger partial charge in [0.25, 0.3) is 6.47 Å². The third-order valence-electron chi connectivity index (χ3n) is 3.81. The molecule has 2 heterocycles. The topological polar surface area (TPSA) is 61.8 Å². The SMILES string of the molecule is CC(C)(C)OC=O.OC[C@@H]1CCCN1C1CCNCC1. The van der Waals surface area contributed by atoms with Crippen molar-refractivity contribution in [2.45, 2.75) is 64.1 Å². The van der Waals surface area contributed by atoms with Crippen molar-refractivity contribution in [2.24, 2.45) is 0 Å². The van der Waals surface area contributed by atoms with Gasteiger partial charge in [-0.3, -0.25) is 9.69 Å². The lowest BCUT2D eigenvalue weighted by molar-refractivity contribution is -0.138. The van der Waals surface area contributed by atoms with Crippen LogP contribution in [-0.4, -0.2) is 60.4 Å². The molecular formula is C15H30N2O3. The number of aliphatic hydroxyl groups excluding tert-OH is 1.